The highest BCUT2D eigenvalue weighted by molar-refractivity contribution is 5.49. The predicted octanol–water partition coefficient (Wildman–Crippen LogP) is 0.989. The third-order valence-corrected chi connectivity index (χ3v) is 0.564. The van der Waals surface area contributed by atoms with Gasteiger partial charge in [-0.1, -0.05) is 0 Å². The number of unbranched alkanes of at least 4 members (excludes halogenated alkanes) is 1. The van der Waals surface area contributed by atoms with Gasteiger partial charge in [-0.2, -0.15) is 0 Å². The number of hydrogen-bond acceptors (Lipinski definition) is 1. The normalized spacial score (nSPS) is 6.43. The molecule has 0 rings (SSSR count). The van der Waals surface area contributed by atoms with Gasteiger partial charge < -0.3 is 4.79 Å². The first-order valence-corrected chi connectivity index (χ1v) is 2.25. The molecule has 0 saturated heterocycles. The van der Waals surface area contributed by atoms with Gasteiger partial charge in [-0.25, -0.2) is 0 Å². The second-order valence-corrected chi connectivity index (χ2v) is 1.13. The van der Waals surface area contributed by atoms with Crippen LogP contribution in [-0.2, 0) is 4.79 Å². The molecule has 0 aliphatic heterocycles. The van der Waals surface area contributed by atoms with E-state index < -0.39 is 0 Å². The number of carbonyl (C=O) groups excluding carboxylic acids is 1. The van der Waals surface area contributed by atoms with Crippen molar-refractivity contribution in [3.8, 4) is 11.8 Å². The molecule has 0 spiro atoms. The van der Waals surface area contributed by atoms with Gasteiger partial charge in [-0.3, -0.25) is 0 Å². The molecule has 0 fully saturated rings. The SMILES string of the molecule is CC#CCCC=O. The van der Waals surface area contributed by atoms with Gasteiger partial charge in [-0.15, -0.1) is 11.8 Å². The van der Waals surface area contributed by atoms with Crippen molar-refractivity contribution in [3.63, 3.8) is 0 Å². The highest BCUT2D eigenvalue weighted by Crippen LogP contribution is 1.77. The van der Waals surface area contributed by atoms with E-state index >= 15 is 0 Å². The van der Waals surface area contributed by atoms with Crippen molar-refractivity contribution < 1.29 is 4.79 Å². The Bertz CT molecular complexity index is 94.5. The van der Waals surface area contributed by atoms with E-state index in [1.165, 1.54) is 0 Å². The average Bonchev–Trinajstić information content (AvgIpc) is 1.69. The third-order valence-electron chi connectivity index (χ3n) is 0.564. The summed E-state index contributed by atoms with van der Waals surface area (Å²) in [5, 5.41) is 0. The standard InChI is InChI=1S/C6H8O/c1-2-3-4-5-6-7/h6H,4-5H2,1H3. The molecule has 0 aromatic carbocycles. The molecule has 0 atom stereocenters. The Hall–Kier alpha value is -0.770. The maximum atomic E-state index is 9.61. The quantitative estimate of drug-likeness (QED) is 0.284. The van der Waals surface area contributed by atoms with Crippen molar-refractivity contribution in [2.75, 3.05) is 0 Å². The van der Waals surface area contributed by atoms with Crippen LogP contribution in [0, 0.1) is 11.8 Å². The number of carbonyl (C=O) groups is 1. The minimum Gasteiger partial charge on any atom is -0.303 e. The Morgan fingerprint density at radius 3 is 2.86 bits per heavy atom. The summed E-state index contributed by atoms with van der Waals surface area (Å²) >= 11 is 0. The van der Waals surface area contributed by atoms with Crippen LogP contribution >= 0.6 is 0 Å². The molecule has 0 N–H and O–H groups in total. The fourth-order valence-corrected chi connectivity index (χ4v) is 0.256. The van der Waals surface area contributed by atoms with Crippen LogP contribution in [0.25, 0.3) is 0 Å². The molecule has 0 aromatic heterocycles. The highest BCUT2D eigenvalue weighted by Gasteiger charge is 1.71. The van der Waals surface area contributed by atoms with Crippen LogP contribution in [0.4, 0.5) is 0 Å². The third kappa shape index (κ3) is 5.23. The molecule has 0 saturated carbocycles. The first-order valence-electron chi connectivity index (χ1n) is 2.25. The second kappa shape index (κ2) is 5.23. The molecule has 0 unspecified atom stereocenters. The van der Waals surface area contributed by atoms with Crippen molar-refractivity contribution >= 4 is 6.29 Å². The fourth-order valence-electron chi connectivity index (χ4n) is 0.256. The van der Waals surface area contributed by atoms with Crippen LogP contribution in [-0.4, -0.2) is 6.29 Å². The van der Waals surface area contributed by atoms with Crippen LogP contribution in [0.5, 0.6) is 0 Å². The zero-order chi connectivity index (χ0) is 5.54. The summed E-state index contributed by atoms with van der Waals surface area (Å²) in [6, 6.07) is 0. The molecule has 1 nitrogen and oxygen atoms in total. The van der Waals surface area contributed by atoms with E-state index in [-0.39, 0.29) is 0 Å². The summed E-state index contributed by atoms with van der Waals surface area (Å²) in [6.07, 6.45) is 2.16. The smallest absolute Gasteiger partial charge is 0.120 e. The Labute approximate surface area is 43.7 Å². The summed E-state index contributed by atoms with van der Waals surface area (Å²) in [4.78, 5) is 9.61. The molecular formula is C6H8O. The molecule has 0 amide bonds. The molecular weight excluding hydrogens is 88.1 g/mol. The summed E-state index contributed by atoms with van der Waals surface area (Å²) in [7, 11) is 0. The zero-order valence-electron chi connectivity index (χ0n) is 4.40. The molecule has 7 heavy (non-hydrogen) atoms. The lowest BCUT2D eigenvalue weighted by atomic mass is 10.3. The zero-order valence-corrected chi connectivity index (χ0v) is 4.40. The fraction of sp³-hybridized carbons (Fsp3) is 0.500. The van der Waals surface area contributed by atoms with Crippen molar-refractivity contribution in [2.45, 2.75) is 19.8 Å². The summed E-state index contributed by atoms with van der Waals surface area (Å²) in [5.41, 5.74) is 0. The van der Waals surface area contributed by atoms with Gasteiger partial charge in [0.05, 0.1) is 0 Å². The number of hydrogen-bond donors (Lipinski definition) is 0. The average molecular weight is 96.1 g/mol. The predicted molar refractivity (Wildman–Crippen MR) is 28.7 cm³/mol. The second-order valence-electron chi connectivity index (χ2n) is 1.13. The van der Waals surface area contributed by atoms with Gasteiger partial charge >= 0.3 is 0 Å². The lowest BCUT2D eigenvalue weighted by Crippen LogP contribution is -1.68. The summed E-state index contributed by atoms with van der Waals surface area (Å²) in [5.74, 6) is 5.46. The van der Waals surface area contributed by atoms with Crippen molar-refractivity contribution in [3.05, 3.63) is 0 Å². The van der Waals surface area contributed by atoms with Gasteiger partial charge in [0.2, 0.25) is 0 Å². The van der Waals surface area contributed by atoms with Crippen LogP contribution in [0.3, 0.4) is 0 Å². The van der Waals surface area contributed by atoms with E-state index in [9.17, 15) is 4.79 Å². The maximum Gasteiger partial charge on any atom is 0.120 e. The molecule has 0 bridgehead atoms. The van der Waals surface area contributed by atoms with Crippen LogP contribution in [0.2, 0.25) is 0 Å². The summed E-state index contributed by atoms with van der Waals surface area (Å²) in [6.45, 7) is 1.77. The Morgan fingerprint density at radius 2 is 2.43 bits per heavy atom. The molecule has 0 aliphatic carbocycles. The van der Waals surface area contributed by atoms with E-state index in [1.54, 1.807) is 6.92 Å². The largest absolute Gasteiger partial charge is 0.303 e. The van der Waals surface area contributed by atoms with Crippen molar-refractivity contribution in [1.29, 1.82) is 0 Å². The minimum absolute atomic E-state index is 0.570. The molecule has 0 aliphatic rings. The number of rotatable bonds is 2. The minimum atomic E-state index is 0.570. The van der Waals surface area contributed by atoms with Crippen LogP contribution in [0.1, 0.15) is 19.8 Å². The first-order chi connectivity index (χ1) is 3.41. The topological polar surface area (TPSA) is 17.1 Å². The highest BCUT2D eigenvalue weighted by atomic mass is 16.1. The Kier molecular flexibility index (Phi) is 4.65. The summed E-state index contributed by atoms with van der Waals surface area (Å²) < 4.78 is 0. The van der Waals surface area contributed by atoms with Gasteiger partial charge in [0.25, 0.3) is 0 Å². The molecule has 0 radical (unpaired) electrons. The van der Waals surface area contributed by atoms with E-state index in [0.29, 0.717) is 12.8 Å². The van der Waals surface area contributed by atoms with Gasteiger partial charge in [0.15, 0.2) is 0 Å². The Balaban J connectivity index is 2.92. The van der Waals surface area contributed by atoms with Gasteiger partial charge in [-0.05, 0) is 6.92 Å². The van der Waals surface area contributed by atoms with Crippen molar-refractivity contribution in [1.82, 2.24) is 0 Å². The van der Waals surface area contributed by atoms with E-state index in [1.807, 2.05) is 0 Å². The van der Waals surface area contributed by atoms with Gasteiger partial charge in [0, 0.05) is 12.8 Å². The molecule has 38 valence electrons. The first kappa shape index (κ1) is 6.23. The van der Waals surface area contributed by atoms with E-state index in [2.05, 4.69) is 11.8 Å². The lowest BCUT2D eigenvalue weighted by molar-refractivity contribution is -0.107. The maximum absolute atomic E-state index is 9.61. The molecule has 1 heteroatoms. The monoisotopic (exact) mass is 96.1 g/mol. The van der Waals surface area contributed by atoms with Crippen LogP contribution in [0.15, 0.2) is 0 Å². The Morgan fingerprint density at radius 1 is 1.71 bits per heavy atom. The lowest BCUT2D eigenvalue weighted by Gasteiger charge is -1.71. The van der Waals surface area contributed by atoms with E-state index in [4.69, 9.17) is 0 Å². The van der Waals surface area contributed by atoms with Crippen molar-refractivity contribution in [2.24, 2.45) is 0 Å². The molecule has 0 heterocycles. The molecule has 0 aromatic rings. The number of aldehydes is 1. The van der Waals surface area contributed by atoms with E-state index in [0.717, 1.165) is 6.29 Å². The van der Waals surface area contributed by atoms with Crippen LogP contribution < -0.4 is 0 Å². The van der Waals surface area contributed by atoms with Gasteiger partial charge in [0.1, 0.15) is 6.29 Å².